The molecule has 2 aromatic carbocycles. The number of para-hydroxylation sites is 1. The first-order chi connectivity index (χ1) is 13.1. The van der Waals surface area contributed by atoms with E-state index in [1.54, 1.807) is 4.90 Å². The van der Waals surface area contributed by atoms with Gasteiger partial charge in [0.05, 0.1) is 16.1 Å². The Morgan fingerprint density at radius 1 is 1.00 bits per heavy atom. The van der Waals surface area contributed by atoms with Crippen LogP contribution in [0.2, 0.25) is 0 Å². The number of carbonyl (C=O) groups excluding carboxylic acids is 1. The van der Waals surface area contributed by atoms with Gasteiger partial charge in [-0.2, -0.15) is 13.2 Å². The summed E-state index contributed by atoms with van der Waals surface area (Å²) in [5, 5.41) is 2.62. The zero-order chi connectivity index (χ0) is 20.9. The Bertz CT molecular complexity index is 925. The van der Waals surface area contributed by atoms with Crippen molar-refractivity contribution in [1.82, 2.24) is 4.90 Å². The lowest BCUT2D eigenvalue weighted by atomic mass is 10.2. The van der Waals surface area contributed by atoms with E-state index in [0.717, 1.165) is 12.1 Å². The molecular weight excluding hydrogens is 395 g/mol. The topological polar surface area (TPSA) is 78.5 Å². The molecule has 0 spiro atoms. The smallest absolute Gasteiger partial charge is 0.325 e. The molecule has 6 nitrogen and oxygen atoms in total. The van der Waals surface area contributed by atoms with Gasteiger partial charge >= 0.3 is 12.2 Å². The quantitative estimate of drug-likeness (QED) is 0.735. The van der Waals surface area contributed by atoms with Crippen LogP contribution < -0.4 is 10.0 Å². The number of alkyl halides is 3. The van der Waals surface area contributed by atoms with Gasteiger partial charge in [-0.05, 0) is 50.2 Å². The van der Waals surface area contributed by atoms with Crippen LogP contribution in [0.3, 0.4) is 0 Å². The average molecular weight is 415 g/mol. The summed E-state index contributed by atoms with van der Waals surface area (Å²) in [7, 11) is -4.24. The van der Waals surface area contributed by atoms with E-state index >= 15 is 0 Å². The molecule has 2 N–H and O–H groups in total. The van der Waals surface area contributed by atoms with Gasteiger partial charge in [-0.1, -0.05) is 12.1 Å². The minimum absolute atomic E-state index is 0.231. The summed E-state index contributed by atoms with van der Waals surface area (Å²) >= 11 is 0. The molecule has 2 amide bonds. The van der Waals surface area contributed by atoms with Gasteiger partial charge in [0, 0.05) is 18.8 Å². The maximum Gasteiger partial charge on any atom is 0.418 e. The predicted octanol–water partition coefficient (Wildman–Crippen LogP) is 4.38. The van der Waals surface area contributed by atoms with Crippen LogP contribution in [0.5, 0.6) is 0 Å². The third-order valence-electron chi connectivity index (χ3n) is 3.94. The number of carbonyl (C=O) groups is 1. The van der Waals surface area contributed by atoms with Gasteiger partial charge in [-0.15, -0.1) is 0 Å². The summed E-state index contributed by atoms with van der Waals surface area (Å²) < 4.78 is 66.0. The van der Waals surface area contributed by atoms with Crippen LogP contribution in [0.15, 0.2) is 53.4 Å². The van der Waals surface area contributed by atoms with Crippen LogP contribution in [0.1, 0.15) is 19.4 Å². The number of nitrogens with one attached hydrogen (secondary N) is 2. The van der Waals surface area contributed by atoms with Gasteiger partial charge in [0.15, 0.2) is 0 Å². The van der Waals surface area contributed by atoms with E-state index in [2.05, 4.69) is 5.32 Å². The summed E-state index contributed by atoms with van der Waals surface area (Å²) in [5.41, 5.74) is -1.28. The molecule has 0 aliphatic rings. The van der Waals surface area contributed by atoms with Gasteiger partial charge in [0.25, 0.3) is 10.0 Å². The molecule has 0 aliphatic carbocycles. The minimum atomic E-state index is -4.70. The van der Waals surface area contributed by atoms with Crippen molar-refractivity contribution < 1.29 is 26.4 Å². The van der Waals surface area contributed by atoms with Gasteiger partial charge in [-0.25, -0.2) is 13.2 Å². The summed E-state index contributed by atoms with van der Waals surface area (Å²) in [6, 6.07) is 9.12. The standard InChI is InChI=1S/C18H20F3N3O3S/c1-3-24(4-2)17(25)22-13-9-11-14(12-10-13)28(26,27)23-16-8-6-5-7-15(16)18(19,20)21/h5-12,23H,3-4H2,1-2H3,(H,22,25). The maximum absolute atomic E-state index is 13.0. The van der Waals surface area contributed by atoms with E-state index in [4.69, 9.17) is 0 Å². The second kappa shape index (κ2) is 8.51. The second-order valence-electron chi connectivity index (χ2n) is 5.78. The molecule has 10 heteroatoms. The summed E-state index contributed by atoms with van der Waals surface area (Å²) in [6.45, 7) is 4.67. The van der Waals surface area contributed by atoms with Crippen molar-refractivity contribution in [2.75, 3.05) is 23.1 Å². The Morgan fingerprint density at radius 2 is 1.57 bits per heavy atom. The number of halogens is 3. The molecule has 0 aromatic heterocycles. The fraction of sp³-hybridized carbons (Fsp3) is 0.278. The van der Waals surface area contributed by atoms with Crippen molar-refractivity contribution in [3.8, 4) is 0 Å². The third kappa shape index (κ3) is 5.16. The molecule has 0 heterocycles. The summed E-state index contributed by atoms with van der Waals surface area (Å²) in [6.07, 6.45) is -4.70. The largest absolute Gasteiger partial charge is 0.418 e. The van der Waals surface area contributed by atoms with Crippen LogP contribution in [0.25, 0.3) is 0 Å². The van der Waals surface area contributed by atoms with Gasteiger partial charge < -0.3 is 10.2 Å². The Balaban J connectivity index is 2.21. The molecule has 0 bridgehead atoms. The van der Waals surface area contributed by atoms with Gasteiger partial charge in [-0.3, -0.25) is 4.72 Å². The van der Waals surface area contributed by atoms with E-state index in [0.29, 0.717) is 18.8 Å². The zero-order valence-electron chi connectivity index (χ0n) is 15.2. The van der Waals surface area contributed by atoms with Crippen LogP contribution in [0, 0.1) is 0 Å². The number of amides is 2. The summed E-state index contributed by atoms with van der Waals surface area (Å²) in [5.74, 6) is 0. The second-order valence-corrected chi connectivity index (χ2v) is 7.46. The maximum atomic E-state index is 13.0. The van der Waals surface area contributed by atoms with Gasteiger partial charge in [0.2, 0.25) is 0 Å². The molecule has 152 valence electrons. The molecule has 0 saturated carbocycles. The molecule has 28 heavy (non-hydrogen) atoms. The molecule has 0 radical (unpaired) electrons. The SMILES string of the molecule is CCN(CC)C(=O)Nc1ccc(S(=O)(=O)Nc2ccccc2C(F)(F)F)cc1. The molecular formula is C18H20F3N3O3S. The van der Waals surface area contributed by atoms with Crippen molar-refractivity contribution in [2.45, 2.75) is 24.9 Å². The van der Waals surface area contributed by atoms with Gasteiger partial charge in [0.1, 0.15) is 0 Å². The average Bonchev–Trinajstić information content (AvgIpc) is 2.62. The van der Waals surface area contributed by atoms with Crippen LogP contribution in [0.4, 0.5) is 29.3 Å². The van der Waals surface area contributed by atoms with E-state index in [1.807, 2.05) is 18.6 Å². The van der Waals surface area contributed by atoms with Crippen molar-refractivity contribution in [3.63, 3.8) is 0 Å². The van der Waals surface area contributed by atoms with Crippen molar-refractivity contribution >= 4 is 27.4 Å². The normalized spacial score (nSPS) is 11.8. The number of benzene rings is 2. The number of nitrogens with zero attached hydrogens (tertiary/aromatic N) is 1. The first-order valence-electron chi connectivity index (χ1n) is 8.43. The highest BCUT2D eigenvalue weighted by atomic mass is 32.2. The molecule has 0 atom stereocenters. The molecule has 0 aliphatic heterocycles. The Hall–Kier alpha value is -2.75. The van der Waals surface area contributed by atoms with Crippen molar-refractivity contribution in [2.24, 2.45) is 0 Å². The number of sulfonamides is 1. The highest BCUT2D eigenvalue weighted by Crippen LogP contribution is 2.35. The Labute approximate surface area is 161 Å². The number of rotatable bonds is 6. The first-order valence-corrected chi connectivity index (χ1v) is 9.91. The fourth-order valence-electron chi connectivity index (χ4n) is 2.45. The highest BCUT2D eigenvalue weighted by Gasteiger charge is 2.34. The number of urea groups is 1. The van der Waals surface area contributed by atoms with Crippen LogP contribution in [-0.4, -0.2) is 32.4 Å². The third-order valence-corrected chi connectivity index (χ3v) is 5.32. The van der Waals surface area contributed by atoms with E-state index in [-0.39, 0.29) is 10.9 Å². The molecule has 0 fully saturated rings. The first kappa shape index (κ1) is 21.5. The predicted molar refractivity (Wildman–Crippen MR) is 101 cm³/mol. The lowest BCUT2D eigenvalue weighted by Gasteiger charge is -2.19. The van der Waals surface area contributed by atoms with E-state index in [1.165, 1.54) is 36.4 Å². The summed E-state index contributed by atoms with van der Waals surface area (Å²) in [4.78, 5) is 13.3. The van der Waals surface area contributed by atoms with Crippen molar-refractivity contribution in [1.29, 1.82) is 0 Å². The monoisotopic (exact) mass is 415 g/mol. The number of hydrogen-bond donors (Lipinski definition) is 2. The fourth-order valence-corrected chi connectivity index (χ4v) is 3.53. The Morgan fingerprint density at radius 3 is 2.11 bits per heavy atom. The molecule has 0 saturated heterocycles. The van der Waals surface area contributed by atoms with E-state index < -0.39 is 27.5 Å². The van der Waals surface area contributed by atoms with Crippen LogP contribution in [-0.2, 0) is 16.2 Å². The van der Waals surface area contributed by atoms with Crippen molar-refractivity contribution in [3.05, 3.63) is 54.1 Å². The van der Waals surface area contributed by atoms with E-state index in [9.17, 15) is 26.4 Å². The minimum Gasteiger partial charge on any atom is -0.325 e. The molecule has 0 unspecified atom stereocenters. The Kier molecular flexibility index (Phi) is 6.55. The lowest BCUT2D eigenvalue weighted by molar-refractivity contribution is -0.136. The molecule has 2 rings (SSSR count). The zero-order valence-corrected chi connectivity index (χ0v) is 16.1. The molecule has 2 aromatic rings. The number of hydrogen-bond acceptors (Lipinski definition) is 3. The number of anilines is 2. The lowest BCUT2D eigenvalue weighted by Crippen LogP contribution is -2.34. The van der Waals surface area contributed by atoms with Crippen LogP contribution >= 0.6 is 0 Å². The highest BCUT2D eigenvalue weighted by molar-refractivity contribution is 7.92.